The Labute approximate surface area is 172 Å². The molecule has 7 nitrogen and oxygen atoms in total. The number of carbonyl (C=O) groups excluding carboxylic acids is 2. The lowest BCUT2D eigenvalue weighted by atomic mass is 10.1. The lowest BCUT2D eigenvalue weighted by Gasteiger charge is -2.21. The van der Waals surface area contributed by atoms with Gasteiger partial charge in [0.05, 0.1) is 5.69 Å². The third-order valence-corrected chi connectivity index (χ3v) is 4.56. The van der Waals surface area contributed by atoms with E-state index in [1.54, 1.807) is 17.0 Å². The van der Waals surface area contributed by atoms with Crippen molar-refractivity contribution in [3.63, 3.8) is 0 Å². The smallest absolute Gasteiger partial charge is 0.276 e. The zero-order valence-electron chi connectivity index (χ0n) is 16.6. The van der Waals surface area contributed by atoms with Gasteiger partial charge in [0, 0.05) is 31.8 Å². The van der Waals surface area contributed by atoms with Crippen LogP contribution in [0.2, 0.25) is 0 Å². The Bertz CT molecular complexity index is 1130. The Morgan fingerprint density at radius 3 is 2.43 bits per heavy atom. The van der Waals surface area contributed by atoms with E-state index in [1.807, 2.05) is 19.1 Å². The first-order valence-corrected chi connectivity index (χ1v) is 9.40. The Morgan fingerprint density at radius 1 is 1.07 bits per heavy atom. The van der Waals surface area contributed by atoms with Gasteiger partial charge in [-0.05, 0) is 48.9 Å². The highest BCUT2D eigenvalue weighted by molar-refractivity contribution is 6.03. The Morgan fingerprint density at radius 2 is 1.77 bits per heavy atom. The van der Waals surface area contributed by atoms with Crippen molar-refractivity contribution in [1.29, 1.82) is 0 Å². The molecule has 0 saturated carbocycles. The van der Waals surface area contributed by atoms with E-state index in [2.05, 4.69) is 10.4 Å². The normalized spacial score (nSPS) is 10.5. The molecule has 0 radical (unpaired) electrons. The zero-order chi connectivity index (χ0) is 21.7. The van der Waals surface area contributed by atoms with Crippen LogP contribution >= 0.6 is 0 Å². The van der Waals surface area contributed by atoms with Crippen LogP contribution in [0.4, 0.5) is 10.1 Å². The molecular weight excluding hydrogens is 387 g/mol. The fourth-order valence-electron chi connectivity index (χ4n) is 2.92. The monoisotopic (exact) mass is 408 g/mol. The molecule has 1 N–H and O–H groups in total. The quantitative estimate of drug-likeness (QED) is 0.680. The number of nitrogens with zero attached hydrogens (tertiary/aromatic N) is 3. The molecule has 0 aliphatic rings. The van der Waals surface area contributed by atoms with E-state index < -0.39 is 17.3 Å². The molecule has 0 unspecified atom stereocenters. The van der Waals surface area contributed by atoms with Crippen LogP contribution in [-0.4, -0.2) is 33.0 Å². The molecule has 0 bridgehead atoms. The molecular formula is C22H21FN4O3. The minimum Gasteiger partial charge on any atom is -0.339 e. The molecule has 3 aromatic rings. The summed E-state index contributed by atoms with van der Waals surface area (Å²) in [6.45, 7) is 4.27. The number of amides is 2. The van der Waals surface area contributed by atoms with Crippen molar-refractivity contribution >= 4 is 17.5 Å². The van der Waals surface area contributed by atoms with Crippen LogP contribution in [-0.2, 0) is 11.3 Å². The molecule has 0 atom stereocenters. The van der Waals surface area contributed by atoms with Gasteiger partial charge in [-0.25, -0.2) is 4.39 Å². The lowest BCUT2D eigenvalue weighted by Crippen LogP contribution is -2.28. The summed E-state index contributed by atoms with van der Waals surface area (Å²) in [5.41, 5.74) is 1.24. The van der Waals surface area contributed by atoms with Crippen molar-refractivity contribution in [2.24, 2.45) is 0 Å². The van der Waals surface area contributed by atoms with Gasteiger partial charge < -0.3 is 10.2 Å². The van der Waals surface area contributed by atoms with Crippen molar-refractivity contribution < 1.29 is 14.0 Å². The van der Waals surface area contributed by atoms with Gasteiger partial charge in [-0.15, -0.1) is 0 Å². The van der Waals surface area contributed by atoms with Gasteiger partial charge >= 0.3 is 0 Å². The summed E-state index contributed by atoms with van der Waals surface area (Å²) in [6.07, 6.45) is 0. The van der Waals surface area contributed by atoms with Crippen LogP contribution in [0.15, 0.2) is 65.5 Å². The summed E-state index contributed by atoms with van der Waals surface area (Å²) in [4.78, 5) is 38.3. The number of anilines is 1. The molecule has 154 valence electrons. The molecule has 2 aromatic carbocycles. The molecule has 0 fully saturated rings. The summed E-state index contributed by atoms with van der Waals surface area (Å²) in [7, 11) is 0. The average molecular weight is 408 g/mol. The van der Waals surface area contributed by atoms with Crippen LogP contribution in [0.3, 0.4) is 0 Å². The highest BCUT2D eigenvalue weighted by Crippen LogP contribution is 2.18. The fraction of sp³-hybridized carbons (Fsp3) is 0.182. The first-order valence-electron chi connectivity index (χ1n) is 9.40. The van der Waals surface area contributed by atoms with Gasteiger partial charge in [0.25, 0.3) is 11.5 Å². The molecule has 0 aliphatic heterocycles. The minimum atomic E-state index is -0.510. The Kier molecular flexibility index (Phi) is 6.36. The number of halogens is 1. The van der Waals surface area contributed by atoms with Gasteiger partial charge in [0.2, 0.25) is 5.91 Å². The van der Waals surface area contributed by atoms with E-state index in [0.29, 0.717) is 24.5 Å². The van der Waals surface area contributed by atoms with Gasteiger partial charge in [-0.3, -0.25) is 14.4 Å². The van der Waals surface area contributed by atoms with Crippen LogP contribution in [0.1, 0.15) is 29.9 Å². The number of benzene rings is 2. The molecule has 0 aliphatic carbocycles. The molecule has 30 heavy (non-hydrogen) atoms. The molecule has 1 aromatic heterocycles. The molecule has 0 saturated heterocycles. The Hall–Kier alpha value is -3.81. The van der Waals surface area contributed by atoms with Gasteiger partial charge in [-0.2, -0.15) is 9.78 Å². The minimum absolute atomic E-state index is 0.0210. The number of carbonyl (C=O) groups is 2. The molecule has 2 amide bonds. The second-order valence-corrected chi connectivity index (χ2v) is 6.59. The number of hydrogen-bond donors (Lipinski definition) is 1. The highest BCUT2D eigenvalue weighted by atomic mass is 19.1. The van der Waals surface area contributed by atoms with E-state index in [4.69, 9.17) is 0 Å². The predicted octanol–water partition coefficient (Wildman–Crippen LogP) is 2.99. The van der Waals surface area contributed by atoms with E-state index in [9.17, 15) is 18.8 Å². The maximum Gasteiger partial charge on any atom is 0.276 e. The number of hydrogen-bond acceptors (Lipinski definition) is 4. The van der Waals surface area contributed by atoms with Crippen LogP contribution in [0.25, 0.3) is 5.69 Å². The van der Waals surface area contributed by atoms with Crippen molar-refractivity contribution in [3.8, 4) is 5.69 Å². The van der Waals surface area contributed by atoms with Crippen LogP contribution < -0.4 is 10.9 Å². The molecule has 1 heterocycles. The standard InChI is InChI=1S/C22H21FN4O3/c1-3-26(15(2)28)14-16-6-4-5-7-19(16)24-22(30)20-12-13-21(29)27(25-20)18-10-8-17(23)9-11-18/h4-13H,3,14H2,1-2H3,(H,24,30). The third kappa shape index (κ3) is 4.78. The summed E-state index contributed by atoms with van der Waals surface area (Å²) in [5, 5.41) is 6.90. The summed E-state index contributed by atoms with van der Waals surface area (Å²) in [6, 6.07) is 14.9. The lowest BCUT2D eigenvalue weighted by molar-refractivity contribution is -0.129. The maximum absolute atomic E-state index is 13.2. The van der Waals surface area contributed by atoms with Crippen molar-refractivity contribution in [2.45, 2.75) is 20.4 Å². The van der Waals surface area contributed by atoms with Crippen molar-refractivity contribution in [1.82, 2.24) is 14.7 Å². The summed E-state index contributed by atoms with van der Waals surface area (Å²) in [5.74, 6) is -1.01. The highest BCUT2D eigenvalue weighted by Gasteiger charge is 2.15. The number of para-hydroxylation sites is 1. The molecule has 8 heteroatoms. The predicted molar refractivity (Wildman–Crippen MR) is 111 cm³/mol. The zero-order valence-corrected chi connectivity index (χ0v) is 16.6. The van der Waals surface area contributed by atoms with Crippen molar-refractivity contribution in [3.05, 3.63) is 88.1 Å². The van der Waals surface area contributed by atoms with Gasteiger partial charge in [0.1, 0.15) is 11.5 Å². The fourth-order valence-corrected chi connectivity index (χ4v) is 2.92. The first-order chi connectivity index (χ1) is 14.4. The van der Waals surface area contributed by atoms with E-state index >= 15 is 0 Å². The van der Waals surface area contributed by atoms with Gasteiger partial charge in [-0.1, -0.05) is 18.2 Å². The second kappa shape index (κ2) is 9.13. The van der Waals surface area contributed by atoms with Crippen molar-refractivity contribution in [2.75, 3.05) is 11.9 Å². The summed E-state index contributed by atoms with van der Waals surface area (Å²) < 4.78 is 14.2. The topological polar surface area (TPSA) is 84.3 Å². The SMILES string of the molecule is CCN(Cc1ccccc1NC(=O)c1ccc(=O)n(-c2ccc(F)cc2)n1)C(C)=O. The van der Waals surface area contributed by atoms with E-state index in [0.717, 1.165) is 10.2 Å². The maximum atomic E-state index is 13.2. The van der Waals surface area contributed by atoms with E-state index in [-0.39, 0.29) is 11.6 Å². The number of aromatic nitrogens is 2. The molecule has 0 spiro atoms. The second-order valence-electron chi connectivity index (χ2n) is 6.59. The third-order valence-electron chi connectivity index (χ3n) is 4.56. The van der Waals surface area contributed by atoms with Crippen LogP contribution in [0, 0.1) is 5.82 Å². The molecule has 3 rings (SSSR count). The largest absolute Gasteiger partial charge is 0.339 e. The van der Waals surface area contributed by atoms with E-state index in [1.165, 1.54) is 43.3 Å². The van der Waals surface area contributed by atoms with Crippen LogP contribution in [0.5, 0.6) is 0 Å². The summed E-state index contributed by atoms with van der Waals surface area (Å²) >= 11 is 0. The Balaban J connectivity index is 1.87. The van der Waals surface area contributed by atoms with Gasteiger partial charge in [0.15, 0.2) is 0 Å². The number of rotatable bonds is 6. The average Bonchev–Trinajstić information content (AvgIpc) is 2.73. The number of nitrogens with one attached hydrogen (secondary N) is 1. The first kappa shape index (κ1) is 20.9.